The van der Waals surface area contributed by atoms with Crippen molar-refractivity contribution in [2.45, 2.75) is 13.0 Å². The molecule has 0 saturated carbocycles. The van der Waals surface area contributed by atoms with Crippen LogP contribution in [0.2, 0.25) is 10.0 Å². The van der Waals surface area contributed by atoms with E-state index in [9.17, 15) is 4.79 Å². The average molecular weight is 276 g/mol. The van der Waals surface area contributed by atoms with Crippen molar-refractivity contribution in [2.75, 3.05) is 20.2 Å². The zero-order valence-electron chi connectivity index (χ0n) is 9.78. The van der Waals surface area contributed by atoms with Crippen LogP contribution in [0.25, 0.3) is 0 Å². The Kier molecular flexibility index (Phi) is 5.40. The summed E-state index contributed by atoms with van der Waals surface area (Å²) in [6, 6.07) is 4.48. The minimum atomic E-state index is -0.333. The van der Waals surface area contributed by atoms with E-state index in [0.717, 1.165) is 0 Å². The molecule has 0 saturated heterocycles. The number of carbonyl (C=O) groups excluding carboxylic acids is 1. The predicted molar refractivity (Wildman–Crippen MR) is 70.0 cm³/mol. The van der Waals surface area contributed by atoms with Crippen molar-refractivity contribution >= 4 is 29.0 Å². The fourth-order valence-corrected chi connectivity index (χ4v) is 1.97. The standard InChI is InChI=1S/C12H15Cl2NO2/c1-8(15(2)5-6-16)12(17)10-4-3-9(13)7-11(10)14/h3-4,7-8,16H,5-6H2,1-2H3. The van der Waals surface area contributed by atoms with Crippen LogP contribution in [0.4, 0.5) is 0 Å². The molecule has 1 aromatic carbocycles. The van der Waals surface area contributed by atoms with Gasteiger partial charge in [0.1, 0.15) is 0 Å². The fraction of sp³-hybridized carbons (Fsp3) is 0.417. The van der Waals surface area contributed by atoms with Crippen molar-refractivity contribution in [3.8, 4) is 0 Å². The van der Waals surface area contributed by atoms with E-state index in [0.29, 0.717) is 22.2 Å². The number of aliphatic hydroxyl groups excluding tert-OH is 1. The van der Waals surface area contributed by atoms with Crippen LogP contribution in [0.1, 0.15) is 17.3 Å². The van der Waals surface area contributed by atoms with Gasteiger partial charge >= 0.3 is 0 Å². The maximum atomic E-state index is 12.1. The lowest BCUT2D eigenvalue weighted by molar-refractivity contribution is 0.0849. The molecule has 0 radical (unpaired) electrons. The summed E-state index contributed by atoms with van der Waals surface area (Å²) < 4.78 is 0. The van der Waals surface area contributed by atoms with Gasteiger partial charge in [-0.05, 0) is 32.2 Å². The number of aliphatic hydroxyl groups is 1. The highest BCUT2D eigenvalue weighted by Gasteiger charge is 2.21. The van der Waals surface area contributed by atoms with E-state index in [1.807, 2.05) is 0 Å². The van der Waals surface area contributed by atoms with Crippen molar-refractivity contribution in [1.82, 2.24) is 4.90 Å². The van der Waals surface area contributed by atoms with Crippen LogP contribution in [0, 0.1) is 0 Å². The molecule has 17 heavy (non-hydrogen) atoms. The Balaban J connectivity index is 2.88. The van der Waals surface area contributed by atoms with Gasteiger partial charge in [-0.1, -0.05) is 23.2 Å². The Morgan fingerprint density at radius 1 is 1.47 bits per heavy atom. The Morgan fingerprint density at radius 2 is 2.12 bits per heavy atom. The molecule has 0 aromatic heterocycles. The average Bonchev–Trinajstić information content (AvgIpc) is 2.27. The van der Waals surface area contributed by atoms with Gasteiger partial charge in [0.25, 0.3) is 0 Å². The van der Waals surface area contributed by atoms with Gasteiger partial charge in [0.05, 0.1) is 17.7 Å². The van der Waals surface area contributed by atoms with Gasteiger partial charge < -0.3 is 5.11 Å². The second-order valence-electron chi connectivity index (χ2n) is 3.87. The van der Waals surface area contributed by atoms with Crippen molar-refractivity contribution in [2.24, 2.45) is 0 Å². The molecule has 3 nitrogen and oxygen atoms in total. The van der Waals surface area contributed by atoms with Crippen LogP contribution in [-0.4, -0.2) is 42.0 Å². The largest absolute Gasteiger partial charge is 0.395 e. The van der Waals surface area contributed by atoms with Crippen LogP contribution < -0.4 is 0 Å². The molecule has 1 unspecified atom stereocenters. The Bertz CT molecular complexity index is 409. The molecular formula is C12H15Cl2NO2. The summed E-state index contributed by atoms with van der Waals surface area (Å²) in [5, 5.41) is 9.69. The lowest BCUT2D eigenvalue weighted by atomic mass is 10.0. The van der Waals surface area contributed by atoms with Crippen LogP contribution in [0.3, 0.4) is 0 Å². The van der Waals surface area contributed by atoms with E-state index in [1.165, 1.54) is 0 Å². The Hall–Kier alpha value is -0.610. The molecule has 0 bridgehead atoms. The van der Waals surface area contributed by atoms with Crippen LogP contribution >= 0.6 is 23.2 Å². The minimum Gasteiger partial charge on any atom is -0.395 e. The first-order valence-corrected chi connectivity index (χ1v) is 6.03. The molecule has 1 rings (SSSR count). The summed E-state index contributed by atoms with van der Waals surface area (Å²) in [4.78, 5) is 13.9. The quantitative estimate of drug-likeness (QED) is 0.840. The van der Waals surface area contributed by atoms with E-state index in [4.69, 9.17) is 28.3 Å². The number of benzene rings is 1. The third-order valence-corrected chi connectivity index (χ3v) is 3.24. The van der Waals surface area contributed by atoms with Crippen LogP contribution in [0.5, 0.6) is 0 Å². The van der Waals surface area contributed by atoms with Crippen LogP contribution in [0.15, 0.2) is 18.2 Å². The molecule has 1 atom stereocenters. The number of nitrogens with zero attached hydrogens (tertiary/aromatic N) is 1. The van der Waals surface area contributed by atoms with Gasteiger partial charge in [-0.2, -0.15) is 0 Å². The number of halogens is 2. The number of likely N-dealkylation sites (N-methyl/N-ethyl adjacent to an activating group) is 1. The number of hydrogen-bond donors (Lipinski definition) is 1. The topological polar surface area (TPSA) is 40.5 Å². The van der Waals surface area contributed by atoms with Crippen LogP contribution in [-0.2, 0) is 0 Å². The van der Waals surface area contributed by atoms with Gasteiger partial charge in [0.15, 0.2) is 5.78 Å². The first-order valence-electron chi connectivity index (χ1n) is 5.27. The maximum Gasteiger partial charge on any atom is 0.181 e. The summed E-state index contributed by atoms with van der Waals surface area (Å²) in [6.07, 6.45) is 0. The molecule has 0 spiro atoms. The van der Waals surface area contributed by atoms with E-state index in [1.54, 1.807) is 37.1 Å². The number of Topliss-reactive ketones (excluding diaryl/α,β-unsaturated/α-hetero) is 1. The number of hydrogen-bond acceptors (Lipinski definition) is 3. The third-order valence-electron chi connectivity index (χ3n) is 2.69. The fourth-order valence-electron chi connectivity index (χ4n) is 1.47. The Morgan fingerprint density at radius 3 is 2.65 bits per heavy atom. The molecule has 0 aliphatic rings. The minimum absolute atomic E-state index is 0.0163. The summed E-state index contributed by atoms with van der Waals surface area (Å²) in [7, 11) is 1.78. The molecule has 1 N–H and O–H groups in total. The van der Waals surface area contributed by atoms with E-state index in [2.05, 4.69) is 0 Å². The second kappa shape index (κ2) is 6.36. The monoisotopic (exact) mass is 275 g/mol. The predicted octanol–water partition coefficient (Wildman–Crippen LogP) is 2.49. The molecule has 0 aliphatic carbocycles. The normalized spacial score (nSPS) is 12.8. The molecule has 94 valence electrons. The second-order valence-corrected chi connectivity index (χ2v) is 4.71. The lowest BCUT2D eigenvalue weighted by Gasteiger charge is -2.22. The van der Waals surface area contributed by atoms with Gasteiger partial charge in [-0.25, -0.2) is 0 Å². The number of ketones is 1. The highest BCUT2D eigenvalue weighted by atomic mass is 35.5. The SMILES string of the molecule is CC(C(=O)c1ccc(Cl)cc1Cl)N(C)CCO. The van der Waals surface area contributed by atoms with Gasteiger partial charge in [0, 0.05) is 17.1 Å². The van der Waals surface area contributed by atoms with E-state index >= 15 is 0 Å². The van der Waals surface area contributed by atoms with Gasteiger partial charge in [-0.15, -0.1) is 0 Å². The maximum absolute atomic E-state index is 12.1. The zero-order valence-corrected chi connectivity index (χ0v) is 11.3. The van der Waals surface area contributed by atoms with E-state index in [-0.39, 0.29) is 18.4 Å². The highest BCUT2D eigenvalue weighted by Crippen LogP contribution is 2.22. The molecule has 0 fully saturated rings. The summed E-state index contributed by atoms with van der Waals surface area (Å²) >= 11 is 11.8. The van der Waals surface area contributed by atoms with Crippen molar-refractivity contribution < 1.29 is 9.90 Å². The van der Waals surface area contributed by atoms with Gasteiger partial charge in [0.2, 0.25) is 0 Å². The molecule has 0 amide bonds. The van der Waals surface area contributed by atoms with Crippen molar-refractivity contribution in [3.05, 3.63) is 33.8 Å². The molecule has 1 aromatic rings. The smallest absolute Gasteiger partial charge is 0.181 e. The summed E-state index contributed by atoms with van der Waals surface area (Å²) in [5.41, 5.74) is 0.452. The first kappa shape index (κ1) is 14.5. The van der Waals surface area contributed by atoms with E-state index < -0.39 is 0 Å². The van der Waals surface area contributed by atoms with Crippen molar-refractivity contribution in [1.29, 1.82) is 0 Å². The highest BCUT2D eigenvalue weighted by molar-refractivity contribution is 6.37. The lowest BCUT2D eigenvalue weighted by Crippen LogP contribution is -2.37. The number of carbonyl (C=O) groups is 1. The number of rotatable bonds is 5. The Labute approximate surface area is 111 Å². The molecule has 0 heterocycles. The summed E-state index contributed by atoms with van der Waals surface area (Å²) in [6.45, 7) is 2.24. The zero-order chi connectivity index (χ0) is 13.0. The molecule has 0 aliphatic heterocycles. The molecular weight excluding hydrogens is 261 g/mol. The summed E-state index contributed by atoms with van der Waals surface area (Å²) in [5.74, 6) is -0.0809. The third kappa shape index (κ3) is 3.68. The van der Waals surface area contributed by atoms with Gasteiger partial charge in [-0.3, -0.25) is 9.69 Å². The van der Waals surface area contributed by atoms with Crippen molar-refractivity contribution in [3.63, 3.8) is 0 Å². The molecule has 5 heteroatoms. The first-order chi connectivity index (χ1) is 7.97.